The monoisotopic (exact) mass is 588 g/mol. The van der Waals surface area contributed by atoms with Crippen molar-refractivity contribution >= 4 is 9.84 Å². The van der Waals surface area contributed by atoms with E-state index in [1.807, 2.05) is 13.0 Å². The summed E-state index contributed by atoms with van der Waals surface area (Å²) in [6.07, 6.45) is 20.2. The fraction of sp³-hybridized carbons (Fsp3) is 0.784. The van der Waals surface area contributed by atoms with E-state index in [0.717, 1.165) is 75.3 Å². The van der Waals surface area contributed by atoms with Gasteiger partial charge in [0.15, 0.2) is 9.84 Å². The molecule has 1 aliphatic rings. The Morgan fingerprint density at radius 2 is 1.46 bits per heavy atom. The van der Waals surface area contributed by atoms with E-state index in [2.05, 4.69) is 73.6 Å². The summed E-state index contributed by atoms with van der Waals surface area (Å²) in [5.41, 5.74) is 1.42. The average molecular weight is 589 g/mol. The number of hydrogen-bond donors (Lipinski definition) is 1. The summed E-state index contributed by atoms with van der Waals surface area (Å²) in [7, 11) is -3.80. The topological polar surface area (TPSA) is 54.4 Å². The van der Waals surface area contributed by atoms with Gasteiger partial charge in [0.05, 0.1) is 4.75 Å². The molecule has 0 spiro atoms. The van der Waals surface area contributed by atoms with Crippen molar-refractivity contribution in [2.24, 2.45) is 5.41 Å². The molecule has 2 atom stereocenters. The predicted molar refractivity (Wildman–Crippen MR) is 178 cm³/mol. The molecule has 41 heavy (non-hydrogen) atoms. The number of hydrogen-bond acceptors (Lipinski definition) is 3. The van der Waals surface area contributed by atoms with Crippen molar-refractivity contribution in [2.45, 2.75) is 186 Å². The zero-order valence-electron chi connectivity index (χ0n) is 28.3. The fourth-order valence-electron chi connectivity index (χ4n) is 7.36. The van der Waals surface area contributed by atoms with E-state index in [0.29, 0.717) is 12.8 Å². The minimum Gasteiger partial charge on any atom is -0.506 e. The van der Waals surface area contributed by atoms with Gasteiger partial charge in [-0.2, -0.15) is 0 Å². The number of aromatic hydroxyl groups is 1. The number of phenolic OH excluding ortho intramolecular Hbond substituents is 1. The molecule has 1 aromatic carbocycles. The van der Waals surface area contributed by atoms with E-state index in [-0.39, 0.29) is 26.9 Å². The van der Waals surface area contributed by atoms with E-state index < -0.39 is 14.6 Å². The number of allylic oxidation sites excluding steroid dienone is 2. The van der Waals surface area contributed by atoms with Gasteiger partial charge < -0.3 is 5.11 Å². The number of rotatable bonds is 9. The van der Waals surface area contributed by atoms with Gasteiger partial charge >= 0.3 is 0 Å². The maximum atomic E-state index is 14.8. The first-order valence-corrected chi connectivity index (χ1v) is 18.3. The normalized spacial score (nSPS) is 25.1. The van der Waals surface area contributed by atoms with Crippen LogP contribution in [0.5, 0.6) is 5.75 Å². The summed E-state index contributed by atoms with van der Waals surface area (Å²) in [6.45, 7) is 19.7. The van der Waals surface area contributed by atoms with Crippen LogP contribution in [0.25, 0.3) is 0 Å². The van der Waals surface area contributed by atoms with Gasteiger partial charge in [0.25, 0.3) is 0 Å². The molecule has 1 heterocycles. The Morgan fingerprint density at radius 1 is 0.878 bits per heavy atom. The molecule has 0 fully saturated rings. The Balaban J connectivity index is 2.89. The molecule has 0 aliphatic carbocycles. The lowest BCUT2D eigenvalue weighted by Gasteiger charge is -2.38. The van der Waals surface area contributed by atoms with Gasteiger partial charge in [-0.25, -0.2) is 8.42 Å². The molecule has 2 bridgehead atoms. The molecule has 2 rings (SSSR count). The second-order valence-electron chi connectivity index (χ2n) is 15.5. The Bertz CT molecular complexity index is 1090. The van der Waals surface area contributed by atoms with Crippen molar-refractivity contribution < 1.29 is 13.5 Å². The molecule has 0 saturated heterocycles. The summed E-state index contributed by atoms with van der Waals surface area (Å²) in [4.78, 5) is 0.179. The van der Waals surface area contributed by atoms with Crippen LogP contribution in [0.2, 0.25) is 0 Å². The maximum Gasteiger partial charge on any atom is 0.187 e. The highest BCUT2D eigenvalue weighted by atomic mass is 32.2. The highest BCUT2D eigenvalue weighted by Gasteiger charge is 2.43. The smallest absolute Gasteiger partial charge is 0.187 e. The van der Waals surface area contributed by atoms with Crippen LogP contribution in [-0.4, -0.2) is 18.3 Å². The Kier molecular flexibility index (Phi) is 13.1. The van der Waals surface area contributed by atoms with E-state index in [1.165, 1.54) is 25.7 Å². The number of phenols is 1. The van der Waals surface area contributed by atoms with Gasteiger partial charge in [-0.1, -0.05) is 131 Å². The average Bonchev–Trinajstić information content (AvgIpc) is 2.86. The van der Waals surface area contributed by atoms with Crippen molar-refractivity contribution in [1.82, 2.24) is 0 Å². The summed E-state index contributed by atoms with van der Waals surface area (Å²) < 4.78 is 28.8. The van der Waals surface area contributed by atoms with Gasteiger partial charge in [0, 0.05) is 5.56 Å². The molecule has 0 saturated carbocycles. The van der Waals surface area contributed by atoms with Gasteiger partial charge in [-0.05, 0) is 80.2 Å². The van der Waals surface area contributed by atoms with Crippen LogP contribution in [0.3, 0.4) is 0 Å². The lowest BCUT2D eigenvalue weighted by Crippen LogP contribution is -2.36. The van der Waals surface area contributed by atoms with E-state index >= 15 is 0 Å². The number of sulfone groups is 1. The molecule has 0 aromatic heterocycles. The second-order valence-corrected chi connectivity index (χ2v) is 18.0. The van der Waals surface area contributed by atoms with Gasteiger partial charge in [-0.3, -0.25) is 0 Å². The highest BCUT2D eigenvalue weighted by molar-refractivity contribution is 7.93. The first-order chi connectivity index (χ1) is 19.0. The third-order valence-electron chi connectivity index (χ3n) is 9.76. The van der Waals surface area contributed by atoms with Crippen LogP contribution in [0.15, 0.2) is 29.2 Å². The zero-order chi connectivity index (χ0) is 31.0. The SMILES string of the molecule is C/C=C\CCC1(C)CCCCCCCCCC(C)(CCCCC)S(=O)(=O)c2cc(C(C)(C)CC(C)(C)C)cc1c2O. The van der Waals surface area contributed by atoms with Crippen molar-refractivity contribution in [2.75, 3.05) is 0 Å². The third-order valence-corrected chi connectivity index (χ3v) is 12.4. The number of fused-ring (bicyclic) bond motifs is 2. The molecule has 1 aliphatic heterocycles. The molecular formula is C37H64O3S. The second kappa shape index (κ2) is 14.9. The molecule has 2 unspecified atom stereocenters. The quantitative estimate of drug-likeness (QED) is 0.230. The molecular weight excluding hydrogens is 524 g/mol. The maximum absolute atomic E-state index is 14.8. The summed E-state index contributed by atoms with van der Waals surface area (Å²) in [5, 5.41) is 12.1. The standard InChI is InChI=1S/C37H64O3S/c1-10-12-19-23-36(8)24-21-17-15-14-16-18-22-26-37(9,25-20-13-11-2)41(39,40)32-28-30(27-31(36)33(32)38)35(6,7)29-34(3,4)5/h10,12,27-28,38H,11,13-26,29H2,1-9H3/b12-10-. The van der Waals surface area contributed by atoms with Gasteiger partial charge in [0.2, 0.25) is 0 Å². The molecule has 1 N–H and O–H groups in total. The number of unbranched alkanes of at least 4 members (excludes halogenated alkanes) is 2. The van der Waals surface area contributed by atoms with Crippen molar-refractivity contribution in [3.63, 3.8) is 0 Å². The molecule has 0 amide bonds. The Labute approximate surface area is 254 Å². The zero-order valence-corrected chi connectivity index (χ0v) is 29.1. The first kappa shape index (κ1) is 35.9. The largest absolute Gasteiger partial charge is 0.506 e. The highest BCUT2D eigenvalue weighted by Crippen LogP contribution is 2.49. The third kappa shape index (κ3) is 9.60. The number of benzene rings is 1. The minimum atomic E-state index is -3.80. The van der Waals surface area contributed by atoms with Crippen molar-refractivity contribution in [3.8, 4) is 5.75 Å². The predicted octanol–water partition coefficient (Wildman–Crippen LogP) is 11.4. The summed E-state index contributed by atoms with van der Waals surface area (Å²) in [5.74, 6) is 0.0138. The van der Waals surface area contributed by atoms with Crippen LogP contribution in [0.1, 0.15) is 176 Å². The first-order valence-electron chi connectivity index (χ1n) is 16.8. The van der Waals surface area contributed by atoms with Crippen LogP contribution in [-0.2, 0) is 20.7 Å². The van der Waals surface area contributed by atoms with Crippen LogP contribution >= 0.6 is 0 Å². The van der Waals surface area contributed by atoms with Crippen LogP contribution in [0.4, 0.5) is 0 Å². The molecule has 3 nitrogen and oxygen atoms in total. The van der Waals surface area contributed by atoms with E-state index in [9.17, 15) is 13.5 Å². The van der Waals surface area contributed by atoms with Crippen LogP contribution in [0, 0.1) is 5.41 Å². The fourth-order valence-corrected chi connectivity index (χ4v) is 9.36. The lowest BCUT2D eigenvalue weighted by atomic mass is 9.69. The van der Waals surface area contributed by atoms with E-state index in [4.69, 9.17) is 0 Å². The van der Waals surface area contributed by atoms with Gasteiger partial charge in [-0.15, -0.1) is 0 Å². The minimum absolute atomic E-state index is 0.0138. The van der Waals surface area contributed by atoms with Gasteiger partial charge in [0.1, 0.15) is 10.6 Å². The Morgan fingerprint density at radius 3 is 2.02 bits per heavy atom. The van der Waals surface area contributed by atoms with Crippen LogP contribution < -0.4 is 0 Å². The lowest BCUT2D eigenvalue weighted by molar-refractivity contribution is 0.282. The Hall–Kier alpha value is -1.29. The molecule has 0 radical (unpaired) electrons. The molecule has 4 heteroatoms. The van der Waals surface area contributed by atoms with E-state index in [1.54, 1.807) is 0 Å². The summed E-state index contributed by atoms with van der Waals surface area (Å²) >= 11 is 0. The summed E-state index contributed by atoms with van der Waals surface area (Å²) in [6, 6.07) is 4.05. The van der Waals surface area contributed by atoms with Crippen molar-refractivity contribution in [3.05, 3.63) is 35.4 Å². The molecule has 236 valence electrons. The molecule has 1 aromatic rings. The van der Waals surface area contributed by atoms with Crippen molar-refractivity contribution in [1.29, 1.82) is 0 Å².